The zero-order valence-corrected chi connectivity index (χ0v) is 17.4. The molecule has 1 saturated carbocycles. The summed E-state index contributed by atoms with van der Waals surface area (Å²) >= 11 is 0. The fourth-order valence-corrected chi connectivity index (χ4v) is 4.91. The Morgan fingerprint density at radius 3 is 2.90 bits per heavy atom. The number of fused-ring (bicyclic) bond motifs is 5. The van der Waals surface area contributed by atoms with Crippen LogP contribution in [0.15, 0.2) is 28.8 Å². The first kappa shape index (κ1) is 19.9. The van der Waals surface area contributed by atoms with Crippen molar-refractivity contribution in [3.8, 4) is 17.3 Å². The zero-order valence-electron chi connectivity index (χ0n) is 17.4. The van der Waals surface area contributed by atoms with Gasteiger partial charge in [-0.15, -0.1) is 0 Å². The van der Waals surface area contributed by atoms with Gasteiger partial charge < -0.3 is 9.15 Å². The van der Waals surface area contributed by atoms with Gasteiger partial charge in [-0.25, -0.2) is 18.4 Å². The number of rotatable bonds is 6. The third-order valence-electron chi connectivity index (χ3n) is 6.28. The fraction of sp³-hybridized carbons (Fsp3) is 0.435. The molecule has 0 N–H and O–H groups in total. The van der Waals surface area contributed by atoms with Crippen LogP contribution in [0.2, 0.25) is 0 Å². The summed E-state index contributed by atoms with van der Waals surface area (Å²) in [6.45, 7) is 3.88. The second-order valence-electron chi connectivity index (χ2n) is 8.35. The van der Waals surface area contributed by atoms with Crippen LogP contribution in [-0.4, -0.2) is 27.3 Å². The lowest BCUT2D eigenvalue weighted by atomic mass is 9.95. The highest BCUT2D eigenvalue weighted by molar-refractivity contribution is 5.72. The van der Waals surface area contributed by atoms with Crippen LogP contribution >= 0.6 is 0 Å². The van der Waals surface area contributed by atoms with Gasteiger partial charge >= 0.3 is 5.97 Å². The number of oxazole rings is 1. The second kappa shape index (κ2) is 7.59. The third kappa shape index (κ3) is 3.34. The van der Waals surface area contributed by atoms with E-state index in [0.717, 1.165) is 36.6 Å². The van der Waals surface area contributed by atoms with Crippen molar-refractivity contribution in [1.82, 2.24) is 14.8 Å². The van der Waals surface area contributed by atoms with Crippen LogP contribution in [-0.2, 0) is 16.0 Å². The van der Waals surface area contributed by atoms with Crippen molar-refractivity contribution in [3.63, 3.8) is 0 Å². The lowest BCUT2D eigenvalue weighted by Gasteiger charge is -2.14. The first-order valence-corrected chi connectivity index (χ1v) is 10.7. The van der Waals surface area contributed by atoms with E-state index in [2.05, 4.69) is 10.1 Å². The minimum atomic E-state index is -0.657. The first-order valence-electron chi connectivity index (χ1n) is 10.7. The van der Waals surface area contributed by atoms with Gasteiger partial charge in [0.25, 0.3) is 0 Å². The van der Waals surface area contributed by atoms with Gasteiger partial charge in [-0.2, -0.15) is 5.10 Å². The molecule has 0 radical (unpaired) electrons. The van der Waals surface area contributed by atoms with E-state index in [-0.39, 0.29) is 17.6 Å². The molecule has 8 heteroatoms. The molecule has 1 unspecified atom stereocenters. The smallest absolute Gasteiger partial charge is 0.309 e. The predicted molar refractivity (Wildman–Crippen MR) is 108 cm³/mol. The molecule has 0 saturated heterocycles. The summed E-state index contributed by atoms with van der Waals surface area (Å²) in [7, 11) is 0. The monoisotopic (exact) mass is 427 g/mol. The highest BCUT2D eigenvalue weighted by Crippen LogP contribution is 2.56. The highest BCUT2D eigenvalue weighted by Gasteiger charge is 2.44. The molecule has 2 heterocycles. The van der Waals surface area contributed by atoms with Gasteiger partial charge in [0.1, 0.15) is 17.3 Å². The molecule has 31 heavy (non-hydrogen) atoms. The Morgan fingerprint density at radius 1 is 1.32 bits per heavy atom. The van der Waals surface area contributed by atoms with Gasteiger partial charge in [0.15, 0.2) is 11.5 Å². The minimum absolute atomic E-state index is 0.221. The summed E-state index contributed by atoms with van der Waals surface area (Å²) in [4.78, 5) is 16.3. The van der Waals surface area contributed by atoms with Crippen LogP contribution in [0, 0.1) is 17.6 Å². The van der Waals surface area contributed by atoms with Crippen LogP contribution in [0.3, 0.4) is 0 Å². The molecule has 3 aromatic rings. The maximum atomic E-state index is 14.6. The Hall–Kier alpha value is -3.03. The topological polar surface area (TPSA) is 70.2 Å². The Labute approximate surface area is 178 Å². The lowest BCUT2D eigenvalue weighted by molar-refractivity contribution is -0.147. The number of hydrogen-bond donors (Lipinski definition) is 0. The van der Waals surface area contributed by atoms with Crippen LogP contribution < -0.4 is 0 Å². The maximum absolute atomic E-state index is 14.6. The predicted octanol–water partition coefficient (Wildman–Crippen LogP) is 4.91. The van der Waals surface area contributed by atoms with E-state index in [1.54, 1.807) is 24.7 Å². The summed E-state index contributed by atoms with van der Waals surface area (Å²) in [5, 5.41) is 4.67. The summed E-state index contributed by atoms with van der Waals surface area (Å²) < 4.78 is 40.6. The number of halogens is 2. The maximum Gasteiger partial charge on any atom is 0.309 e. The minimum Gasteiger partial charge on any atom is -0.466 e. The molecule has 2 aliphatic rings. The molecule has 0 spiro atoms. The van der Waals surface area contributed by atoms with Crippen molar-refractivity contribution in [2.75, 3.05) is 6.61 Å². The van der Waals surface area contributed by atoms with Crippen molar-refractivity contribution in [3.05, 3.63) is 53.0 Å². The highest BCUT2D eigenvalue weighted by atomic mass is 19.1. The number of ether oxygens (including phenoxy) is 1. The van der Waals surface area contributed by atoms with Crippen molar-refractivity contribution in [2.45, 2.75) is 51.4 Å². The normalized spacial score (nSPS) is 20.1. The fourth-order valence-electron chi connectivity index (χ4n) is 4.91. The van der Waals surface area contributed by atoms with Gasteiger partial charge in [-0.3, -0.25) is 4.79 Å². The van der Waals surface area contributed by atoms with E-state index in [0.29, 0.717) is 42.2 Å². The van der Waals surface area contributed by atoms with Crippen molar-refractivity contribution in [2.24, 2.45) is 5.92 Å². The number of esters is 1. The molecule has 2 bridgehead atoms. The van der Waals surface area contributed by atoms with Gasteiger partial charge in [-0.05, 0) is 44.2 Å². The molecule has 162 valence electrons. The average molecular weight is 427 g/mol. The Balaban J connectivity index is 1.52. The van der Waals surface area contributed by atoms with Gasteiger partial charge in [0.2, 0.25) is 5.89 Å². The number of aromatic nitrogens is 3. The molecule has 1 fully saturated rings. The molecule has 0 aliphatic heterocycles. The van der Waals surface area contributed by atoms with E-state index < -0.39 is 11.6 Å². The van der Waals surface area contributed by atoms with E-state index in [4.69, 9.17) is 9.15 Å². The molecular formula is C23H23F2N3O3. The van der Waals surface area contributed by atoms with Gasteiger partial charge in [0.05, 0.1) is 24.4 Å². The summed E-state index contributed by atoms with van der Waals surface area (Å²) in [5.41, 5.74) is 2.84. The van der Waals surface area contributed by atoms with Gasteiger partial charge in [0, 0.05) is 24.0 Å². The van der Waals surface area contributed by atoms with Crippen molar-refractivity contribution >= 4 is 5.97 Å². The number of carbonyl (C=O) groups is 1. The largest absolute Gasteiger partial charge is 0.466 e. The van der Waals surface area contributed by atoms with E-state index in [9.17, 15) is 13.6 Å². The molecule has 2 aliphatic carbocycles. The summed E-state index contributed by atoms with van der Waals surface area (Å²) in [5.74, 6) is -0.366. The van der Waals surface area contributed by atoms with E-state index in [1.165, 1.54) is 12.1 Å². The summed E-state index contributed by atoms with van der Waals surface area (Å²) in [6.07, 6.45) is 5.04. The Bertz CT molecular complexity index is 1150. The third-order valence-corrected chi connectivity index (χ3v) is 6.28. The van der Waals surface area contributed by atoms with Crippen molar-refractivity contribution < 1.29 is 22.7 Å². The van der Waals surface area contributed by atoms with E-state index >= 15 is 0 Å². The Kier molecular flexibility index (Phi) is 4.87. The zero-order chi connectivity index (χ0) is 21.7. The quantitative estimate of drug-likeness (QED) is 0.523. The van der Waals surface area contributed by atoms with Crippen LogP contribution in [0.25, 0.3) is 17.3 Å². The molecule has 6 nitrogen and oxygen atoms in total. The molecule has 0 amide bonds. The molecule has 5 rings (SSSR count). The molecule has 3 atom stereocenters. The first-order chi connectivity index (χ1) is 15.0. The average Bonchev–Trinajstić information content (AvgIpc) is 3.50. The molecule has 2 aromatic heterocycles. The van der Waals surface area contributed by atoms with Crippen LogP contribution in [0.5, 0.6) is 0 Å². The number of nitrogens with zero attached hydrogens (tertiary/aromatic N) is 3. The molecule has 1 aromatic carbocycles. The Morgan fingerprint density at radius 2 is 2.13 bits per heavy atom. The number of hydrogen-bond acceptors (Lipinski definition) is 5. The number of carbonyl (C=O) groups excluding carboxylic acids is 1. The van der Waals surface area contributed by atoms with E-state index in [1.807, 2.05) is 0 Å². The number of benzene rings is 1. The summed E-state index contributed by atoms with van der Waals surface area (Å²) in [6, 6.07) is 3.52. The van der Waals surface area contributed by atoms with Gasteiger partial charge in [-0.1, -0.05) is 6.92 Å². The van der Waals surface area contributed by atoms with Crippen molar-refractivity contribution in [1.29, 1.82) is 0 Å². The SMILES string of the molecule is CCOC(=O)C(C)Cc1cnc(-c2nn(-c3ccc(F)cc3F)c3c2[C@@H]2CC[C@H]3C2)o1. The van der Waals surface area contributed by atoms with Crippen LogP contribution in [0.1, 0.15) is 62.0 Å². The lowest BCUT2D eigenvalue weighted by Crippen LogP contribution is -2.16. The standard InChI is InChI=1S/C23H23F2N3O3/c1-3-30-23(29)12(2)8-16-11-26-22(31-16)20-19-13-4-5-14(9-13)21(19)28(27-20)18-7-6-15(24)10-17(18)25/h6-7,10-14H,3-5,8-9H2,1-2H3/t12?,13-,14+/m1/s1. The van der Waals surface area contributed by atoms with Crippen LogP contribution in [0.4, 0.5) is 8.78 Å². The molecular weight excluding hydrogens is 404 g/mol. The second-order valence-corrected chi connectivity index (χ2v) is 8.35.